The summed E-state index contributed by atoms with van der Waals surface area (Å²) in [5.74, 6) is 0.501. The van der Waals surface area contributed by atoms with Crippen LogP contribution < -0.4 is 5.73 Å². The molecule has 19 heavy (non-hydrogen) atoms. The maximum Gasteiger partial charge on any atom is 0.163 e. The molecule has 0 bridgehead atoms. The van der Waals surface area contributed by atoms with Crippen LogP contribution in [0.25, 0.3) is 11.3 Å². The smallest absolute Gasteiger partial charge is 0.163 e. The molecule has 0 radical (unpaired) electrons. The molecular formula is C16H20N2O. The van der Waals surface area contributed by atoms with Crippen LogP contribution in [-0.2, 0) is 0 Å². The van der Waals surface area contributed by atoms with Gasteiger partial charge in [0.1, 0.15) is 0 Å². The molecule has 0 atom stereocenters. The molecule has 0 spiro atoms. The zero-order chi connectivity index (χ0) is 14.2. The van der Waals surface area contributed by atoms with Crippen molar-refractivity contribution in [2.24, 2.45) is 0 Å². The molecule has 2 rings (SSSR count). The first-order chi connectivity index (χ1) is 8.91. The van der Waals surface area contributed by atoms with Crippen LogP contribution in [0.15, 0.2) is 24.3 Å². The number of rotatable bonds is 3. The second kappa shape index (κ2) is 4.92. The van der Waals surface area contributed by atoms with Crippen LogP contribution in [0, 0.1) is 6.92 Å². The predicted molar refractivity (Wildman–Crippen MR) is 79.5 cm³/mol. The molecule has 3 heteroatoms. The second-order valence-electron chi connectivity index (χ2n) is 5.25. The van der Waals surface area contributed by atoms with Gasteiger partial charge in [-0.05, 0) is 25.3 Å². The fraction of sp³-hybridized carbons (Fsp3) is 0.312. The number of carbonyl (C=O) groups is 1. The number of anilines is 1. The Kier molecular flexibility index (Phi) is 3.47. The van der Waals surface area contributed by atoms with Crippen molar-refractivity contribution in [3.8, 4) is 11.3 Å². The Morgan fingerprint density at radius 1 is 1.21 bits per heavy atom. The zero-order valence-electron chi connectivity index (χ0n) is 11.9. The Bertz CT molecular complexity index is 606. The molecule has 3 nitrogen and oxygen atoms in total. The maximum atomic E-state index is 11.6. The summed E-state index contributed by atoms with van der Waals surface area (Å²) in [5.41, 5.74) is 11.2. The molecule has 0 unspecified atom stereocenters. The van der Waals surface area contributed by atoms with Gasteiger partial charge in [0.15, 0.2) is 5.78 Å². The summed E-state index contributed by atoms with van der Waals surface area (Å²) in [6.07, 6.45) is 0. The quantitative estimate of drug-likeness (QED) is 0.818. The van der Waals surface area contributed by atoms with Crippen molar-refractivity contribution in [1.29, 1.82) is 0 Å². The Balaban J connectivity index is 2.48. The van der Waals surface area contributed by atoms with Gasteiger partial charge in [0.2, 0.25) is 0 Å². The van der Waals surface area contributed by atoms with Crippen molar-refractivity contribution < 1.29 is 4.79 Å². The Morgan fingerprint density at radius 3 is 2.21 bits per heavy atom. The fourth-order valence-corrected chi connectivity index (χ4v) is 2.36. The number of nitrogens with two attached hydrogens (primary N) is 1. The Hall–Kier alpha value is -2.03. The number of ketones is 1. The summed E-state index contributed by atoms with van der Waals surface area (Å²) in [7, 11) is 0. The van der Waals surface area contributed by atoms with Gasteiger partial charge in [-0.3, -0.25) is 4.79 Å². The van der Waals surface area contributed by atoms with Gasteiger partial charge in [0.25, 0.3) is 0 Å². The summed E-state index contributed by atoms with van der Waals surface area (Å²) in [4.78, 5) is 14.8. The molecule has 0 fully saturated rings. The molecule has 1 heterocycles. The van der Waals surface area contributed by atoms with Crippen LogP contribution in [-0.4, -0.2) is 10.8 Å². The highest BCUT2D eigenvalue weighted by Gasteiger charge is 2.16. The number of aryl methyl sites for hydroxylation is 1. The molecule has 0 saturated carbocycles. The molecule has 0 aliphatic carbocycles. The number of H-pyrrole nitrogens is 1. The third kappa shape index (κ3) is 2.41. The molecule has 100 valence electrons. The first kappa shape index (κ1) is 13.4. The SMILES string of the molecule is CC(=O)c1c(C)[nH]c(-c2ccc(C(C)C)cc2)c1N. The number of carbonyl (C=O) groups excluding carboxylic acids is 1. The lowest BCUT2D eigenvalue weighted by Crippen LogP contribution is -1.98. The van der Waals surface area contributed by atoms with Crippen LogP contribution >= 0.6 is 0 Å². The van der Waals surface area contributed by atoms with E-state index in [1.165, 1.54) is 12.5 Å². The van der Waals surface area contributed by atoms with Crippen LogP contribution in [0.3, 0.4) is 0 Å². The van der Waals surface area contributed by atoms with Crippen molar-refractivity contribution in [2.45, 2.75) is 33.6 Å². The summed E-state index contributed by atoms with van der Waals surface area (Å²) in [6, 6.07) is 8.29. The van der Waals surface area contributed by atoms with E-state index in [4.69, 9.17) is 5.73 Å². The van der Waals surface area contributed by atoms with Crippen LogP contribution in [0.4, 0.5) is 5.69 Å². The van der Waals surface area contributed by atoms with Gasteiger partial charge < -0.3 is 10.7 Å². The average molecular weight is 256 g/mol. The highest BCUT2D eigenvalue weighted by Crippen LogP contribution is 2.31. The van der Waals surface area contributed by atoms with E-state index in [1.54, 1.807) is 0 Å². The van der Waals surface area contributed by atoms with E-state index in [2.05, 4.69) is 31.0 Å². The normalized spacial score (nSPS) is 11.0. The number of Topliss-reactive ketones (excluding diaryl/α,β-unsaturated/α-hetero) is 1. The summed E-state index contributed by atoms with van der Waals surface area (Å²) >= 11 is 0. The van der Waals surface area contributed by atoms with Crippen LogP contribution in [0.2, 0.25) is 0 Å². The minimum Gasteiger partial charge on any atom is -0.396 e. The Labute approximate surface area is 113 Å². The van der Waals surface area contributed by atoms with E-state index in [9.17, 15) is 4.79 Å². The topological polar surface area (TPSA) is 58.9 Å². The highest BCUT2D eigenvalue weighted by atomic mass is 16.1. The standard InChI is InChI=1S/C16H20N2O/c1-9(2)12-5-7-13(8-6-12)16-15(17)14(11(4)19)10(3)18-16/h5-9,18H,17H2,1-4H3. The summed E-state index contributed by atoms with van der Waals surface area (Å²) in [5, 5.41) is 0. The van der Waals surface area contributed by atoms with Crippen molar-refractivity contribution in [2.75, 3.05) is 5.73 Å². The largest absolute Gasteiger partial charge is 0.396 e. The van der Waals surface area contributed by atoms with E-state index in [0.717, 1.165) is 17.0 Å². The van der Waals surface area contributed by atoms with Gasteiger partial charge in [-0.25, -0.2) is 0 Å². The lowest BCUT2D eigenvalue weighted by molar-refractivity contribution is 0.101. The predicted octanol–water partition coefficient (Wildman–Crippen LogP) is 3.90. The Morgan fingerprint density at radius 2 is 1.79 bits per heavy atom. The number of hydrogen-bond donors (Lipinski definition) is 2. The number of nitrogens with one attached hydrogen (secondary N) is 1. The molecule has 1 aromatic heterocycles. The summed E-state index contributed by atoms with van der Waals surface area (Å²) < 4.78 is 0. The lowest BCUT2D eigenvalue weighted by Gasteiger charge is -2.06. The number of aromatic amines is 1. The third-order valence-corrected chi connectivity index (χ3v) is 3.44. The van der Waals surface area contributed by atoms with Gasteiger partial charge >= 0.3 is 0 Å². The minimum atomic E-state index is -0.00343. The van der Waals surface area contributed by atoms with E-state index in [1.807, 2.05) is 19.1 Å². The van der Waals surface area contributed by atoms with Crippen molar-refractivity contribution >= 4 is 11.5 Å². The number of benzene rings is 1. The number of nitrogen functional groups attached to an aromatic ring is 1. The number of aromatic nitrogens is 1. The van der Waals surface area contributed by atoms with Gasteiger partial charge in [-0.15, -0.1) is 0 Å². The van der Waals surface area contributed by atoms with E-state index in [-0.39, 0.29) is 5.78 Å². The molecule has 0 saturated heterocycles. The lowest BCUT2D eigenvalue weighted by atomic mass is 10.00. The molecule has 0 aliphatic heterocycles. The average Bonchev–Trinajstić information content (AvgIpc) is 2.65. The third-order valence-electron chi connectivity index (χ3n) is 3.44. The molecule has 0 aliphatic rings. The van der Waals surface area contributed by atoms with Crippen LogP contribution in [0.1, 0.15) is 48.3 Å². The van der Waals surface area contributed by atoms with Gasteiger partial charge in [-0.1, -0.05) is 38.1 Å². The van der Waals surface area contributed by atoms with Crippen molar-refractivity contribution in [1.82, 2.24) is 4.98 Å². The molecule has 0 amide bonds. The van der Waals surface area contributed by atoms with Crippen LogP contribution in [0.5, 0.6) is 0 Å². The van der Waals surface area contributed by atoms with E-state index in [0.29, 0.717) is 17.2 Å². The molecular weight excluding hydrogens is 236 g/mol. The second-order valence-corrected chi connectivity index (χ2v) is 5.25. The summed E-state index contributed by atoms with van der Waals surface area (Å²) in [6.45, 7) is 7.74. The molecule has 3 N–H and O–H groups in total. The first-order valence-electron chi connectivity index (χ1n) is 6.51. The zero-order valence-corrected chi connectivity index (χ0v) is 11.9. The number of hydrogen-bond acceptors (Lipinski definition) is 2. The van der Waals surface area contributed by atoms with E-state index < -0.39 is 0 Å². The molecule has 1 aromatic carbocycles. The van der Waals surface area contributed by atoms with E-state index >= 15 is 0 Å². The van der Waals surface area contributed by atoms with Gasteiger partial charge in [0.05, 0.1) is 16.9 Å². The van der Waals surface area contributed by atoms with Gasteiger partial charge in [0, 0.05) is 11.3 Å². The maximum absolute atomic E-state index is 11.6. The fourth-order valence-electron chi connectivity index (χ4n) is 2.36. The molecule has 2 aromatic rings. The first-order valence-corrected chi connectivity index (χ1v) is 6.51. The van der Waals surface area contributed by atoms with Crippen molar-refractivity contribution in [3.63, 3.8) is 0 Å². The highest BCUT2D eigenvalue weighted by molar-refractivity contribution is 6.03. The minimum absolute atomic E-state index is 0.00343. The van der Waals surface area contributed by atoms with Gasteiger partial charge in [-0.2, -0.15) is 0 Å². The monoisotopic (exact) mass is 256 g/mol. The van der Waals surface area contributed by atoms with Crippen molar-refractivity contribution in [3.05, 3.63) is 41.1 Å².